The molecule has 1 unspecified atom stereocenters. The fourth-order valence-electron chi connectivity index (χ4n) is 1.73. The van der Waals surface area contributed by atoms with E-state index in [0.29, 0.717) is 18.5 Å². The lowest BCUT2D eigenvalue weighted by Gasteiger charge is -2.10. The summed E-state index contributed by atoms with van der Waals surface area (Å²) in [5, 5.41) is 11.5. The Morgan fingerprint density at radius 1 is 1.43 bits per heavy atom. The zero-order valence-corrected chi connectivity index (χ0v) is 12.6. The first-order valence-electron chi connectivity index (χ1n) is 6.76. The Morgan fingerprint density at radius 3 is 2.76 bits per heavy atom. The Labute approximate surface area is 124 Å². The molecule has 0 heterocycles. The second-order valence-electron chi connectivity index (χ2n) is 4.88. The van der Waals surface area contributed by atoms with E-state index in [1.807, 2.05) is 19.9 Å². The monoisotopic (exact) mass is 291 g/mol. The standard InChI is InChI=1S/C16H21NO4/c1-11-4-7-14(10-13(11)6-9-16(19)20)17-15(18)8-5-12(2)21-3/h4,6-7,9-10,12H,5,8H2,1-3H3,(H,17,18)(H,19,20)/b9-6+. The summed E-state index contributed by atoms with van der Waals surface area (Å²) in [5.74, 6) is -1.09. The first kappa shape index (κ1) is 16.9. The van der Waals surface area contributed by atoms with Crippen LogP contribution in [0.4, 0.5) is 5.69 Å². The molecule has 1 rings (SSSR count). The highest BCUT2D eigenvalue weighted by atomic mass is 16.5. The van der Waals surface area contributed by atoms with Gasteiger partial charge in [-0.25, -0.2) is 4.79 Å². The van der Waals surface area contributed by atoms with Gasteiger partial charge in [0.05, 0.1) is 6.10 Å². The fourth-order valence-corrected chi connectivity index (χ4v) is 1.73. The van der Waals surface area contributed by atoms with E-state index in [0.717, 1.165) is 17.2 Å². The lowest BCUT2D eigenvalue weighted by molar-refractivity contribution is -0.131. The van der Waals surface area contributed by atoms with Crippen molar-refractivity contribution in [2.45, 2.75) is 32.8 Å². The average molecular weight is 291 g/mol. The molecule has 1 amide bonds. The topological polar surface area (TPSA) is 75.6 Å². The molecule has 0 bridgehead atoms. The number of carboxylic acid groups (broad SMARTS) is 1. The molecule has 0 aliphatic carbocycles. The number of hydrogen-bond donors (Lipinski definition) is 2. The van der Waals surface area contributed by atoms with Crippen LogP contribution in [0.25, 0.3) is 6.08 Å². The smallest absolute Gasteiger partial charge is 0.328 e. The molecule has 0 spiro atoms. The SMILES string of the molecule is COC(C)CCC(=O)Nc1ccc(C)c(/C=C/C(=O)O)c1. The van der Waals surface area contributed by atoms with Gasteiger partial charge in [0.25, 0.3) is 0 Å². The van der Waals surface area contributed by atoms with Crippen LogP contribution in [0.2, 0.25) is 0 Å². The van der Waals surface area contributed by atoms with Crippen molar-refractivity contribution in [2.75, 3.05) is 12.4 Å². The lowest BCUT2D eigenvalue weighted by Crippen LogP contribution is -2.15. The molecule has 0 saturated heterocycles. The van der Waals surface area contributed by atoms with E-state index in [2.05, 4.69) is 5.32 Å². The normalized spacial score (nSPS) is 12.3. The Bertz CT molecular complexity index is 537. The van der Waals surface area contributed by atoms with E-state index < -0.39 is 5.97 Å². The van der Waals surface area contributed by atoms with Gasteiger partial charge in [0.1, 0.15) is 0 Å². The summed E-state index contributed by atoms with van der Waals surface area (Å²) >= 11 is 0. The number of amides is 1. The van der Waals surface area contributed by atoms with Gasteiger partial charge in [-0.3, -0.25) is 4.79 Å². The Hall–Kier alpha value is -2.14. The van der Waals surface area contributed by atoms with Gasteiger partial charge < -0.3 is 15.2 Å². The molecule has 114 valence electrons. The van der Waals surface area contributed by atoms with E-state index in [-0.39, 0.29) is 12.0 Å². The maximum Gasteiger partial charge on any atom is 0.328 e. The van der Waals surface area contributed by atoms with Gasteiger partial charge in [0.2, 0.25) is 5.91 Å². The quantitative estimate of drug-likeness (QED) is 0.757. The molecule has 0 aliphatic heterocycles. The predicted molar refractivity (Wildman–Crippen MR) is 82.2 cm³/mol. The largest absolute Gasteiger partial charge is 0.478 e. The number of hydrogen-bond acceptors (Lipinski definition) is 3. The fraction of sp³-hybridized carbons (Fsp3) is 0.375. The summed E-state index contributed by atoms with van der Waals surface area (Å²) in [6.45, 7) is 3.79. The molecule has 5 heteroatoms. The van der Waals surface area contributed by atoms with E-state index in [9.17, 15) is 9.59 Å². The average Bonchev–Trinajstić information content (AvgIpc) is 2.45. The van der Waals surface area contributed by atoms with E-state index >= 15 is 0 Å². The van der Waals surface area contributed by atoms with Gasteiger partial charge in [0.15, 0.2) is 0 Å². The molecule has 5 nitrogen and oxygen atoms in total. The molecule has 1 aromatic rings. The summed E-state index contributed by atoms with van der Waals surface area (Å²) in [7, 11) is 1.61. The highest BCUT2D eigenvalue weighted by Crippen LogP contribution is 2.17. The lowest BCUT2D eigenvalue weighted by atomic mass is 10.1. The highest BCUT2D eigenvalue weighted by molar-refractivity contribution is 5.91. The Morgan fingerprint density at radius 2 is 2.14 bits per heavy atom. The van der Waals surface area contributed by atoms with Crippen molar-refractivity contribution in [3.63, 3.8) is 0 Å². The molecule has 0 aromatic heterocycles. The number of benzene rings is 1. The second kappa shape index (κ2) is 8.21. The molecule has 1 aromatic carbocycles. The molecule has 21 heavy (non-hydrogen) atoms. The minimum absolute atomic E-state index is 0.0443. The summed E-state index contributed by atoms with van der Waals surface area (Å²) < 4.78 is 5.10. The number of aryl methyl sites for hydroxylation is 1. The molecule has 0 aliphatic rings. The third-order valence-electron chi connectivity index (χ3n) is 3.15. The number of carbonyl (C=O) groups is 2. The summed E-state index contributed by atoms with van der Waals surface area (Å²) in [6.07, 6.45) is 3.67. The van der Waals surface area contributed by atoms with Crippen LogP contribution in [-0.4, -0.2) is 30.2 Å². The van der Waals surface area contributed by atoms with Gasteiger partial charge in [-0.2, -0.15) is 0 Å². The van der Waals surface area contributed by atoms with Crippen molar-refractivity contribution in [3.8, 4) is 0 Å². The van der Waals surface area contributed by atoms with Crippen LogP contribution in [0.1, 0.15) is 30.9 Å². The third kappa shape index (κ3) is 6.23. The van der Waals surface area contributed by atoms with Crippen LogP contribution in [-0.2, 0) is 14.3 Å². The van der Waals surface area contributed by atoms with Gasteiger partial charge >= 0.3 is 5.97 Å². The van der Waals surface area contributed by atoms with Crippen molar-refractivity contribution in [3.05, 3.63) is 35.4 Å². The van der Waals surface area contributed by atoms with Crippen LogP contribution in [0.15, 0.2) is 24.3 Å². The van der Waals surface area contributed by atoms with E-state index in [4.69, 9.17) is 9.84 Å². The summed E-state index contributed by atoms with van der Waals surface area (Å²) in [4.78, 5) is 22.4. The number of ether oxygens (including phenoxy) is 1. The number of carbonyl (C=O) groups excluding carboxylic acids is 1. The van der Waals surface area contributed by atoms with Crippen molar-refractivity contribution < 1.29 is 19.4 Å². The van der Waals surface area contributed by atoms with Crippen LogP contribution in [0.3, 0.4) is 0 Å². The van der Waals surface area contributed by atoms with Gasteiger partial charge in [-0.15, -0.1) is 0 Å². The first-order valence-corrected chi connectivity index (χ1v) is 6.76. The summed E-state index contributed by atoms with van der Waals surface area (Å²) in [5.41, 5.74) is 2.36. The van der Waals surface area contributed by atoms with Crippen LogP contribution < -0.4 is 5.32 Å². The number of carboxylic acids is 1. The second-order valence-corrected chi connectivity index (χ2v) is 4.88. The zero-order chi connectivity index (χ0) is 15.8. The Kier molecular flexibility index (Phi) is 6.62. The number of methoxy groups -OCH3 is 1. The van der Waals surface area contributed by atoms with Gasteiger partial charge in [-0.1, -0.05) is 6.07 Å². The Balaban J connectivity index is 2.69. The van der Waals surface area contributed by atoms with Crippen molar-refractivity contribution in [2.24, 2.45) is 0 Å². The molecular formula is C16H21NO4. The van der Waals surface area contributed by atoms with E-state index in [1.54, 1.807) is 19.2 Å². The summed E-state index contributed by atoms with van der Waals surface area (Å²) in [6, 6.07) is 5.40. The zero-order valence-electron chi connectivity index (χ0n) is 12.6. The highest BCUT2D eigenvalue weighted by Gasteiger charge is 2.07. The van der Waals surface area contributed by atoms with Crippen LogP contribution in [0.5, 0.6) is 0 Å². The van der Waals surface area contributed by atoms with Gasteiger partial charge in [-0.05, 0) is 49.6 Å². The van der Waals surface area contributed by atoms with Crippen LogP contribution >= 0.6 is 0 Å². The predicted octanol–water partition coefficient (Wildman–Crippen LogP) is 2.85. The van der Waals surface area contributed by atoms with Crippen molar-refractivity contribution >= 4 is 23.6 Å². The van der Waals surface area contributed by atoms with Gasteiger partial charge in [0, 0.05) is 25.3 Å². The van der Waals surface area contributed by atoms with Crippen LogP contribution in [0, 0.1) is 6.92 Å². The molecule has 0 fully saturated rings. The molecular weight excluding hydrogens is 270 g/mol. The molecule has 1 atom stereocenters. The van der Waals surface area contributed by atoms with Crippen molar-refractivity contribution in [1.82, 2.24) is 0 Å². The number of anilines is 1. The molecule has 2 N–H and O–H groups in total. The maximum atomic E-state index is 11.8. The first-order chi connectivity index (χ1) is 9.92. The van der Waals surface area contributed by atoms with E-state index in [1.165, 1.54) is 6.08 Å². The minimum atomic E-state index is -1.00. The number of rotatable bonds is 7. The van der Waals surface area contributed by atoms with Crippen molar-refractivity contribution in [1.29, 1.82) is 0 Å². The number of nitrogens with one attached hydrogen (secondary N) is 1. The molecule has 0 radical (unpaired) electrons. The maximum absolute atomic E-state index is 11.8. The number of aliphatic carboxylic acids is 1. The third-order valence-corrected chi connectivity index (χ3v) is 3.15. The minimum Gasteiger partial charge on any atom is -0.478 e. The molecule has 0 saturated carbocycles.